The van der Waals surface area contributed by atoms with Crippen molar-refractivity contribution in [3.8, 4) is 0 Å². The van der Waals surface area contributed by atoms with Gasteiger partial charge in [0.25, 0.3) is 5.91 Å². The second-order valence-electron chi connectivity index (χ2n) is 4.63. The van der Waals surface area contributed by atoms with Crippen molar-refractivity contribution in [2.45, 2.75) is 19.9 Å². The average molecular weight is 353 g/mol. The van der Waals surface area contributed by atoms with Gasteiger partial charge < -0.3 is 0 Å². The van der Waals surface area contributed by atoms with Crippen LogP contribution < -0.4 is 0 Å². The number of nitrogens with zero attached hydrogens (tertiary/aromatic N) is 1. The van der Waals surface area contributed by atoms with Gasteiger partial charge in [-0.2, -0.15) is 0 Å². The van der Waals surface area contributed by atoms with Crippen LogP contribution in [-0.4, -0.2) is 21.2 Å². The van der Waals surface area contributed by atoms with Crippen molar-refractivity contribution in [2.75, 3.05) is 0 Å². The van der Waals surface area contributed by atoms with Gasteiger partial charge in [0.2, 0.25) is 5.82 Å². The van der Waals surface area contributed by atoms with Gasteiger partial charge in [-0.15, -0.1) is 0 Å². The Morgan fingerprint density at radius 3 is 1.86 bits per heavy atom. The van der Waals surface area contributed by atoms with Crippen molar-refractivity contribution in [1.29, 1.82) is 0 Å². The minimum atomic E-state index is -2.25. The monoisotopic (exact) mass is 353 g/mol. The highest BCUT2D eigenvalue weighted by Gasteiger charge is 2.35. The lowest BCUT2D eigenvalue weighted by Crippen LogP contribution is -2.34. The predicted octanol–water partition coefficient (Wildman–Crippen LogP) is 3.99. The molecule has 0 N–H and O–H groups in total. The largest absolute Gasteiger partial charge is 0.290 e. The summed E-state index contributed by atoms with van der Waals surface area (Å²) in [7, 11) is 0. The number of hydrogen-bond acceptors (Lipinski definition) is 3. The molecule has 1 aliphatic rings. The highest BCUT2D eigenvalue weighted by molar-refractivity contribution is 8.26. The zero-order chi connectivity index (χ0) is 16.8. The third-order valence-electron chi connectivity index (χ3n) is 2.86. The van der Waals surface area contributed by atoms with E-state index in [0.717, 1.165) is 11.8 Å². The van der Waals surface area contributed by atoms with E-state index in [1.54, 1.807) is 13.8 Å². The molecule has 1 fully saturated rings. The van der Waals surface area contributed by atoms with Crippen LogP contribution in [0.1, 0.15) is 19.4 Å². The molecule has 0 radical (unpaired) electrons. The fourth-order valence-corrected chi connectivity index (χ4v) is 3.31. The Kier molecular flexibility index (Phi) is 4.57. The molecule has 9 heteroatoms. The number of thioether (sulfide) groups is 1. The van der Waals surface area contributed by atoms with Crippen molar-refractivity contribution < 1.29 is 26.7 Å². The second-order valence-corrected chi connectivity index (χ2v) is 6.30. The lowest BCUT2D eigenvalue weighted by atomic mass is 10.1. The predicted molar refractivity (Wildman–Crippen MR) is 76.4 cm³/mol. The molecular weight excluding hydrogens is 345 g/mol. The molecular formula is C13H8F5NOS2. The number of hydrogen-bond donors (Lipinski definition) is 0. The highest BCUT2D eigenvalue weighted by atomic mass is 32.2. The van der Waals surface area contributed by atoms with Crippen LogP contribution >= 0.6 is 24.0 Å². The van der Waals surface area contributed by atoms with E-state index in [1.807, 2.05) is 0 Å². The van der Waals surface area contributed by atoms with Crippen LogP contribution in [0.5, 0.6) is 0 Å². The summed E-state index contributed by atoms with van der Waals surface area (Å²) in [5.74, 6) is -11.0. The quantitative estimate of drug-likeness (QED) is 0.264. The first-order valence-corrected chi connectivity index (χ1v) is 7.17. The molecule has 0 spiro atoms. The summed E-state index contributed by atoms with van der Waals surface area (Å²) in [6.07, 6.45) is 0.623. The molecule has 1 aromatic carbocycles. The van der Waals surface area contributed by atoms with Gasteiger partial charge in [-0.25, -0.2) is 22.0 Å². The van der Waals surface area contributed by atoms with Crippen molar-refractivity contribution in [3.63, 3.8) is 0 Å². The second kappa shape index (κ2) is 5.96. The molecule has 118 valence electrons. The number of rotatable bonds is 2. The molecule has 1 amide bonds. The third kappa shape index (κ3) is 2.63. The van der Waals surface area contributed by atoms with Crippen LogP contribution in [0.25, 0.3) is 6.08 Å². The third-order valence-corrected chi connectivity index (χ3v) is 4.19. The lowest BCUT2D eigenvalue weighted by molar-refractivity contribution is -0.123. The Morgan fingerprint density at radius 2 is 1.45 bits per heavy atom. The van der Waals surface area contributed by atoms with Crippen molar-refractivity contribution in [2.24, 2.45) is 0 Å². The molecule has 0 unspecified atom stereocenters. The summed E-state index contributed by atoms with van der Waals surface area (Å²) in [5.41, 5.74) is -1.17. The van der Waals surface area contributed by atoms with Crippen LogP contribution in [0.2, 0.25) is 0 Å². The fourth-order valence-electron chi connectivity index (χ4n) is 1.80. The summed E-state index contributed by atoms with van der Waals surface area (Å²) >= 11 is 5.69. The van der Waals surface area contributed by atoms with Crippen LogP contribution in [0.15, 0.2) is 4.91 Å². The van der Waals surface area contributed by atoms with Gasteiger partial charge in [-0.05, 0) is 19.9 Å². The number of halogens is 5. The molecule has 2 nitrogen and oxygen atoms in total. The molecule has 0 aromatic heterocycles. The van der Waals surface area contributed by atoms with E-state index < -0.39 is 40.6 Å². The Labute approximate surface area is 132 Å². The van der Waals surface area contributed by atoms with Crippen LogP contribution in [0.3, 0.4) is 0 Å². The van der Waals surface area contributed by atoms with Crippen LogP contribution in [-0.2, 0) is 4.79 Å². The fraction of sp³-hybridized carbons (Fsp3) is 0.231. The highest BCUT2D eigenvalue weighted by Crippen LogP contribution is 2.35. The maximum atomic E-state index is 13.6. The number of amides is 1. The van der Waals surface area contributed by atoms with Crippen LogP contribution in [0.4, 0.5) is 22.0 Å². The van der Waals surface area contributed by atoms with Crippen molar-refractivity contribution in [3.05, 3.63) is 39.6 Å². The Morgan fingerprint density at radius 1 is 1.00 bits per heavy atom. The molecule has 0 atom stereocenters. The first-order valence-electron chi connectivity index (χ1n) is 5.95. The zero-order valence-corrected chi connectivity index (χ0v) is 12.8. The first kappa shape index (κ1) is 16.9. The maximum absolute atomic E-state index is 13.6. The summed E-state index contributed by atoms with van der Waals surface area (Å²) in [6, 6.07) is -0.296. The molecule has 0 aliphatic carbocycles. The smallest absolute Gasteiger partial charge is 0.266 e. The Balaban J connectivity index is 2.56. The molecule has 1 heterocycles. The number of thiocarbonyl (C=S) groups is 1. The van der Waals surface area contributed by atoms with E-state index in [-0.39, 0.29) is 15.3 Å². The molecule has 2 rings (SSSR count). The summed E-state index contributed by atoms with van der Waals surface area (Å²) < 4.78 is 66.6. The van der Waals surface area contributed by atoms with Gasteiger partial charge >= 0.3 is 0 Å². The number of carbonyl (C=O) groups is 1. The van der Waals surface area contributed by atoms with E-state index in [9.17, 15) is 26.7 Å². The van der Waals surface area contributed by atoms with E-state index >= 15 is 0 Å². The molecule has 22 heavy (non-hydrogen) atoms. The van der Waals surface area contributed by atoms with Crippen LogP contribution in [0, 0.1) is 29.1 Å². The molecule has 1 aliphatic heterocycles. The Bertz CT molecular complexity index is 688. The van der Waals surface area contributed by atoms with E-state index in [2.05, 4.69) is 0 Å². The summed E-state index contributed by atoms with van der Waals surface area (Å²) in [5, 5.41) is 0. The topological polar surface area (TPSA) is 20.3 Å². The minimum absolute atomic E-state index is 0.148. The zero-order valence-electron chi connectivity index (χ0n) is 11.2. The molecule has 0 saturated carbocycles. The van der Waals surface area contributed by atoms with Gasteiger partial charge in [-0.3, -0.25) is 9.69 Å². The minimum Gasteiger partial charge on any atom is -0.290 e. The first-order chi connectivity index (χ1) is 10.2. The SMILES string of the molecule is CC(C)N1C(=O)/C(=C/c2c(F)c(F)c(F)c(F)c2F)SC1=S. The summed E-state index contributed by atoms with van der Waals surface area (Å²) in [6.45, 7) is 3.35. The van der Waals surface area contributed by atoms with Gasteiger partial charge in [0.1, 0.15) is 4.32 Å². The molecule has 0 bridgehead atoms. The number of carbonyl (C=O) groups excluding carboxylic acids is 1. The summed E-state index contributed by atoms with van der Waals surface area (Å²) in [4.78, 5) is 13.0. The maximum Gasteiger partial charge on any atom is 0.266 e. The number of benzene rings is 1. The Hall–Kier alpha value is -1.48. The van der Waals surface area contributed by atoms with Crippen molar-refractivity contribution in [1.82, 2.24) is 4.90 Å². The normalized spacial score (nSPS) is 17.3. The lowest BCUT2D eigenvalue weighted by Gasteiger charge is -2.18. The van der Waals surface area contributed by atoms with E-state index in [1.165, 1.54) is 4.90 Å². The standard InChI is InChI=1S/C13H8F5NOS2/c1-4(2)19-12(20)6(22-13(19)21)3-5-7(14)9(16)11(18)10(17)8(5)15/h3-4H,1-2H3/b6-3-. The molecule has 1 aromatic rings. The van der Waals surface area contributed by atoms with Crippen molar-refractivity contribution >= 4 is 40.3 Å². The average Bonchev–Trinajstić information content (AvgIpc) is 2.73. The van der Waals surface area contributed by atoms with E-state index in [4.69, 9.17) is 12.2 Å². The van der Waals surface area contributed by atoms with Gasteiger partial charge in [0.15, 0.2) is 23.3 Å². The van der Waals surface area contributed by atoms with E-state index in [0.29, 0.717) is 6.08 Å². The van der Waals surface area contributed by atoms with Gasteiger partial charge in [0, 0.05) is 6.04 Å². The van der Waals surface area contributed by atoms with Gasteiger partial charge in [0.05, 0.1) is 10.5 Å². The molecule has 1 saturated heterocycles. The van der Waals surface area contributed by atoms with Gasteiger partial charge in [-0.1, -0.05) is 24.0 Å².